The Balaban J connectivity index is 2.35. The van der Waals surface area contributed by atoms with Gasteiger partial charge in [0, 0.05) is 6.20 Å². The molecular formula is C14H13N3O3. The van der Waals surface area contributed by atoms with E-state index in [1.54, 1.807) is 6.07 Å². The van der Waals surface area contributed by atoms with Crippen LogP contribution in [0.25, 0.3) is 0 Å². The highest BCUT2D eigenvalue weighted by atomic mass is 16.5. The highest BCUT2D eigenvalue weighted by Gasteiger charge is 2.05. The lowest BCUT2D eigenvalue weighted by atomic mass is 10.2. The van der Waals surface area contributed by atoms with Gasteiger partial charge in [-0.05, 0) is 24.6 Å². The van der Waals surface area contributed by atoms with Gasteiger partial charge >= 0.3 is 5.69 Å². The maximum atomic E-state index is 11.7. The maximum Gasteiger partial charge on any atom is 0.328 e. The van der Waals surface area contributed by atoms with Gasteiger partial charge in [0.1, 0.15) is 17.4 Å². The van der Waals surface area contributed by atoms with Crippen molar-refractivity contribution in [1.82, 2.24) is 9.55 Å². The van der Waals surface area contributed by atoms with E-state index < -0.39 is 11.2 Å². The van der Waals surface area contributed by atoms with Gasteiger partial charge in [-0.25, -0.2) is 4.79 Å². The van der Waals surface area contributed by atoms with Crippen LogP contribution in [0.15, 0.2) is 40.1 Å². The van der Waals surface area contributed by atoms with Gasteiger partial charge < -0.3 is 4.74 Å². The molecule has 0 bridgehead atoms. The summed E-state index contributed by atoms with van der Waals surface area (Å²) >= 11 is 0. The average Bonchev–Trinajstić information content (AvgIpc) is 2.43. The second-order valence-corrected chi connectivity index (χ2v) is 4.12. The number of ether oxygens (including phenoxy) is 1. The predicted molar refractivity (Wildman–Crippen MR) is 72.8 cm³/mol. The lowest BCUT2D eigenvalue weighted by Gasteiger charge is -2.08. The van der Waals surface area contributed by atoms with Crippen LogP contribution >= 0.6 is 0 Å². The molecule has 0 unspecified atom stereocenters. The van der Waals surface area contributed by atoms with E-state index in [0.29, 0.717) is 12.4 Å². The van der Waals surface area contributed by atoms with Crippen LogP contribution in [0.2, 0.25) is 0 Å². The van der Waals surface area contributed by atoms with Gasteiger partial charge in [0.15, 0.2) is 0 Å². The molecule has 0 radical (unpaired) electrons. The van der Waals surface area contributed by atoms with Gasteiger partial charge in [0.2, 0.25) is 0 Å². The molecule has 0 saturated carbocycles. The van der Waals surface area contributed by atoms with Crippen molar-refractivity contribution in [2.75, 3.05) is 6.61 Å². The number of hydrogen-bond acceptors (Lipinski definition) is 4. The number of nitrogens with one attached hydrogen (secondary N) is 1. The van der Waals surface area contributed by atoms with E-state index in [2.05, 4.69) is 4.98 Å². The smallest absolute Gasteiger partial charge is 0.328 e. The monoisotopic (exact) mass is 271 g/mol. The molecule has 0 atom stereocenters. The topological polar surface area (TPSA) is 87.9 Å². The first-order valence-corrected chi connectivity index (χ1v) is 6.09. The Hall–Kier alpha value is -2.81. The second kappa shape index (κ2) is 5.89. The molecule has 0 saturated heterocycles. The molecule has 1 heterocycles. The van der Waals surface area contributed by atoms with Crippen LogP contribution in [0, 0.1) is 11.3 Å². The van der Waals surface area contributed by atoms with Crippen molar-refractivity contribution in [2.24, 2.45) is 0 Å². The van der Waals surface area contributed by atoms with Crippen LogP contribution in [-0.4, -0.2) is 16.2 Å². The predicted octanol–water partition coefficient (Wildman–Crippen LogP) is 0.855. The number of nitriles is 1. The fourth-order valence-corrected chi connectivity index (χ4v) is 1.80. The Kier molecular flexibility index (Phi) is 4.01. The molecule has 0 amide bonds. The Morgan fingerprint density at radius 2 is 2.20 bits per heavy atom. The zero-order valence-electron chi connectivity index (χ0n) is 10.9. The summed E-state index contributed by atoms with van der Waals surface area (Å²) in [4.78, 5) is 25.1. The number of aromatic nitrogens is 2. The Bertz CT molecular complexity index is 768. The van der Waals surface area contributed by atoms with Gasteiger partial charge in [-0.15, -0.1) is 0 Å². The zero-order valence-corrected chi connectivity index (χ0v) is 10.9. The average molecular weight is 271 g/mol. The van der Waals surface area contributed by atoms with E-state index >= 15 is 0 Å². The molecule has 102 valence electrons. The SMILES string of the molecule is CCOc1cccc(Cn2cc(C#N)c(=O)[nH]c2=O)c1. The van der Waals surface area contributed by atoms with Crippen molar-refractivity contribution in [3.05, 3.63) is 62.4 Å². The molecule has 1 aromatic carbocycles. The van der Waals surface area contributed by atoms with Gasteiger partial charge in [0.25, 0.3) is 5.56 Å². The first kappa shape index (κ1) is 13.6. The van der Waals surface area contributed by atoms with Crippen molar-refractivity contribution >= 4 is 0 Å². The van der Waals surface area contributed by atoms with Crippen molar-refractivity contribution in [2.45, 2.75) is 13.5 Å². The van der Waals surface area contributed by atoms with Crippen LogP contribution in [0.5, 0.6) is 5.75 Å². The molecule has 6 nitrogen and oxygen atoms in total. The molecule has 1 N–H and O–H groups in total. The molecule has 0 aliphatic rings. The van der Waals surface area contributed by atoms with Gasteiger partial charge in [-0.2, -0.15) is 5.26 Å². The number of H-pyrrole nitrogens is 1. The quantitative estimate of drug-likeness (QED) is 0.893. The first-order valence-electron chi connectivity index (χ1n) is 6.09. The number of hydrogen-bond donors (Lipinski definition) is 1. The summed E-state index contributed by atoms with van der Waals surface area (Å²) in [6.07, 6.45) is 1.26. The lowest BCUT2D eigenvalue weighted by molar-refractivity contribution is 0.340. The van der Waals surface area contributed by atoms with Crippen molar-refractivity contribution in [3.63, 3.8) is 0 Å². The van der Waals surface area contributed by atoms with Crippen LogP contribution < -0.4 is 16.0 Å². The first-order chi connectivity index (χ1) is 9.63. The van der Waals surface area contributed by atoms with Crippen molar-refractivity contribution in [3.8, 4) is 11.8 Å². The third-order valence-corrected chi connectivity index (χ3v) is 2.69. The van der Waals surface area contributed by atoms with E-state index in [-0.39, 0.29) is 12.1 Å². The summed E-state index contributed by atoms with van der Waals surface area (Å²) in [6.45, 7) is 2.70. The summed E-state index contributed by atoms with van der Waals surface area (Å²) < 4.78 is 6.66. The molecule has 20 heavy (non-hydrogen) atoms. The van der Waals surface area contributed by atoms with Gasteiger partial charge in [-0.3, -0.25) is 14.3 Å². The summed E-state index contributed by atoms with van der Waals surface area (Å²) in [5.41, 5.74) is -0.466. The minimum Gasteiger partial charge on any atom is -0.494 e. The number of benzene rings is 1. The fourth-order valence-electron chi connectivity index (χ4n) is 1.80. The highest BCUT2D eigenvalue weighted by molar-refractivity contribution is 5.29. The standard InChI is InChI=1S/C14H13N3O3/c1-2-20-12-5-3-4-10(6-12)8-17-9-11(7-15)13(18)16-14(17)19/h3-6,9H,2,8H2,1H3,(H,16,18,19). The molecule has 0 aliphatic heterocycles. The third-order valence-electron chi connectivity index (χ3n) is 2.69. The van der Waals surface area contributed by atoms with E-state index in [4.69, 9.17) is 10.00 Å². The molecule has 1 aromatic heterocycles. The Morgan fingerprint density at radius 3 is 2.90 bits per heavy atom. The molecule has 0 aliphatic carbocycles. The summed E-state index contributed by atoms with van der Waals surface area (Å²) in [6, 6.07) is 9.05. The highest BCUT2D eigenvalue weighted by Crippen LogP contribution is 2.13. The third kappa shape index (κ3) is 2.95. The minimum atomic E-state index is -0.670. The Morgan fingerprint density at radius 1 is 1.40 bits per heavy atom. The van der Waals surface area contributed by atoms with Crippen LogP contribution in [0.1, 0.15) is 18.1 Å². The number of rotatable bonds is 4. The molecule has 0 spiro atoms. The summed E-state index contributed by atoms with van der Waals surface area (Å²) in [5, 5.41) is 8.81. The van der Waals surface area contributed by atoms with E-state index in [0.717, 1.165) is 5.56 Å². The minimum absolute atomic E-state index is 0.0921. The van der Waals surface area contributed by atoms with Crippen molar-refractivity contribution in [1.29, 1.82) is 5.26 Å². The molecule has 0 fully saturated rings. The fraction of sp³-hybridized carbons (Fsp3) is 0.214. The summed E-state index contributed by atoms with van der Waals surface area (Å²) in [7, 11) is 0. The molecule has 6 heteroatoms. The van der Waals surface area contributed by atoms with Gasteiger partial charge in [-0.1, -0.05) is 12.1 Å². The van der Waals surface area contributed by atoms with Crippen LogP contribution in [-0.2, 0) is 6.54 Å². The van der Waals surface area contributed by atoms with Gasteiger partial charge in [0.05, 0.1) is 13.2 Å². The number of aromatic amines is 1. The normalized spacial score (nSPS) is 10.0. The second-order valence-electron chi connectivity index (χ2n) is 4.12. The number of nitrogens with zero attached hydrogens (tertiary/aromatic N) is 2. The van der Waals surface area contributed by atoms with E-state index in [9.17, 15) is 9.59 Å². The molecule has 2 aromatic rings. The van der Waals surface area contributed by atoms with E-state index in [1.165, 1.54) is 10.8 Å². The lowest BCUT2D eigenvalue weighted by Crippen LogP contribution is -2.31. The van der Waals surface area contributed by atoms with Crippen LogP contribution in [0.3, 0.4) is 0 Å². The maximum absolute atomic E-state index is 11.7. The largest absolute Gasteiger partial charge is 0.494 e. The van der Waals surface area contributed by atoms with Crippen molar-refractivity contribution < 1.29 is 4.74 Å². The zero-order chi connectivity index (χ0) is 14.5. The molecule has 2 rings (SSSR count). The molecular weight excluding hydrogens is 258 g/mol. The summed E-state index contributed by atoms with van der Waals surface area (Å²) in [5.74, 6) is 0.711. The van der Waals surface area contributed by atoms with E-state index in [1.807, 2.05) is 31.2 Å². The van der Waals surface area contributed by atoms with Crippen LogP contribution in [0.4, 0.5) is 0 Å². The Labute approximate surface area is 114 Å².